The fourth-order valence-electron chi connectivity index (χ4n) is 3.18. The summed E-state index contributed by atoms with van der Waals surface area (Å²) >= 11 is 5.63. The molecule has 0 radical (unpaired) electrons. The molecule has 0 heterocycles. The summed E-state index contributed by atoms with van der Waals surface area (Å²) in [5, 5.41) is 6.38. The molecule has 0 aromatic rings. The molecule has 2 rings (SSSR count). The van der Waals surface area contributed by atoms with Crippen LogP contribution in [0.3, 0.4) is 0 Å². The molecule has 2 aliphatic rings. The maximum absolute atomic E-state index is 12.2. The molecule has 2 aliphatic carbocycles. The molecule has 0 aliphatic heterocycles. The first-order valence-corrected chi connectivity index (χ1v) is 9.51. The predicted octanol–water partition coefficient (Wildman–Crippen LogP) is 1.93. The Bertz CT molecular complexity index is 520. The average Bonchev–Trinajstić information content (AvgIpc) is 3.32. The van der Waals surface area contributed by atoms with Gasteiger partial charge in [-0.1, -0.05) is 25.1 Å². The number of halogens is 1. The molecule has 0 saturated heterocycles. The number of carbonyl (C=O) groups excluding carboxylic acids is 1. The molecule has 4 N–H and O–H groups in total. The van der Waals surface area contributed by atoms with Gasteiger partial charge in [-0.3, -0.25) is 9.69 Å². The van der Waals surface area contributed by atoms with Gasteiger partial charge in [0.15, 0.2) is 0 Å². The van der Waals surface area contributed by atoms with Gasteiger partial charge in [-0.15, -0.1) is 0 Å². The van der Waals surface area contributed by atoms with Gasteiger partial charge >= 0.3 is 0 Å². The number of nitrogens with zero attached hydrogens (tertiary/aromatic N) is 2. The Morgan fingerprint density at radius 3 is 2.68 bits per heavy atom. The van der Waals surface area contributed by atoms with E-state index >= 15 is 0 Å². The van der Waals surface area contributed by atoms with Crippen LogP contribution >= 0.6 is 11.6 Å². The monoisotopic (exact) mass is 367 g/mol. The number of hydrogen-bond donors (Lipinski definition) is 3. The molecule has 2 fully saturated rings. The quantitative estimate of drug-likeness (QED) is 0.313. The minimum Gasteiger partial charge on any atom is -0.389 e. The van der Waals surface area contributed by atoms with E-state index < -0.39 is 0 Å². The molecule has 140 valence electrons. The number of amides is 1. The molecule has 7 heteroatoms. The average molecular weight is 368 g/mol. The Balaban J connectivity index is 1.65. The maximum Gasteiger partial charge on any atom is 0.228 e. The van der Waals surface area contributed by atoms with Crippen molar-refractivity contribution in [2.45, 2.75) is 51.1 Å². The van der Waals surface area contributed by atoms with E-state index in [1.54, 1.807) is 0 Å². The second-order valence-corrected chi connectivity index (χ2v) is 7.24. The van der Waals surface area contributed by atoms with Crippen molar-refractivity contribution >= 4 is 23.3 Å². The minimum absolute atomic E-state index is 0.00708. The molecule has 2 saturated carbocycles. The van der Waals surface area contributed by atoms with Crippen molar-refractivity contribution < 1.29 is 4.79 Å². The van der Waals surface area contributed by atoms with Gasteiger partial charge in [0.2, 0.25) is 5.91 Å². The number of amidine groups is 1. The van der Waals surface area contributed by atoms with Crippen LogP contribution in [0.25, 0.3) is 0 Å². The van der Waals surface area contributed by atoms with E-state index in [1.165, 1.54) is 38.1 Å². The molecule has 0 unspecified atom stereocenters. The van der Waals surface area contributed by atoms with Crippen LogP contribution in [0, 0.1) is 5.92 Å². The largest absolute Gasteiger partial charge is 0.389 e. The molecule has 0 atom stereocenters. The van der Waals surface area contributed by atoms with Gasteiger partial charge < -0.3 is 16.4 Å². The zero-order valence-electron chi connectivity index (χ0n) is 15.0. The van der Waals surface area contributed by atoms with E-state index in [1.807, 2.05) is 0 Å². The third kappa shape index (κ3) is 6.80. The third-order valence-corrected chi connectivity index (χ3v) is 4.78. The lowest BCUT2D eigenvalue weighted by Gasteiger charge is -2.35. The number of nitrogens with one attached hydrogen (secondary N) is 2. The van der Waals surface area contributed by atoms with E-state index in [0.717, 1.165) is 32.0 Å². The summed E-state index contributed by atoms with van der Waals surface area (Å²) < 4.78 is 0. The van der Waals surface area contributed by atoms with Crippen molar-refractivity contribution in [3.05, 3.63) is 24.0 Å². The van der Waals surface area contributed by atoms with Gasteiger partial charge in [0.25, 0.3) is 0 Å². The van der Waals surface area contributed by atoms with Crippen LogP contribution in [0.1, 0.15) is 39.0 Å². The number of nitrogens with two attached hydrogens (primary N) is 1. The second-order valence-electron chi connectivity index (χ2n) is 6.80. The highest BCUT2D eigenvalue weighted by Crippen LogP contribution is 2.28. The van der Waals surface area contributed by atoms with Crippen LogP contribution in [0.4, 0.5) is 0 Å². The highest BCUT2D eigenvalue weighted by Gasteiger charge is 2.34. The van der Waals surface area contributed by atoms with Crippen molar-refractivity contribution in [1.29, 1.82) is 0 Å². The van der Waals surface area contributed by atoms with Crippen molar-refractivity contribution in [2.24, 2.45) is 16.6 Å². The van der Waals surface area contributed by atoms with Gasteiger partial charge in [0.1, 0.15) is 11.0 Å². The molecule has 6 nitrogen and oxygen atoms in total. The van der Waals surface area contributed by atoms with E-state index in [-0.39, 0.29) is 17.0 Å². The fraction of sp³-hybridized carbons (Fsp3) is 0.667. The SMILES string of the molecule is C=C/N=C(\C=C(/N)Cl)NC(=O)C1CC(NCCN(CCC)C2CC2)C1. The second kappa shape index (κ2) is 9.94. The number of hydrogen-bond acceptors (Lipinski definition) is 5. The Morgan fingerprint density at radius 1 is 1.40 bits per heavy atom. The number of carbonyl (C=O) groups is 1. The van der Waals surface area contributed by atoms with E-state index in [2.05, 4.69) is 34.0 Å². The standard InChI is InChI=1S/C18H30ClN5O/c1-3-8-24(15-5-6-15)9-7-22-14-10-13(11-14)18(25)23-17(21-4-2)12-16(19)20/h4,12-15,22H,2-3,5-11,20H2,1H3,(H,21,23,25)/b16-12-. The summed E-state index contributed by atoms with van der Waals surface area (Å²) in [7, 11) is 0. The molecule has 0 spiro atoms. The smallest absolute Gasteiger partial charge is 0.228 e. The summed E-state index contributed by atoms with van der Waals surface area (Å²) in [5.74, 6) is 0.287. The molecule has 0 aromatic carbocycles. The highest BCUT2D eigenvalue weighted by atomic mass is 35.5. The summed E-state index contributed by atoms with van der Waals surface area (Å²) in [6.45, 7) is 9.02. The summed E-state index contributed by atoms with van der Waals surface area (Å²) in [6, 6.07) is 1.23. The van der Waals surface area contributed by atoms with Gasteiger partial charge in [0, 0.05) is 43.4 Å². The Labute approximate surface area is 155 Å². The van der Waals surface area contributed by atoms with E-state index in [4.69, 9.17) is 17.3 Å². The minimum atomic E-state index is -0.0431. The summed E-state index contributed by atoms with van der Waals surface area (Å²) in [5.41, 5.74) is 5.42. The van der Waals surface area contributed by atoms with Gasteiger partial charge in [-0.2, -0.15) is 0 Å². The first-order valence-electron chi connectivity index (χ1n) is 9.13. The summed E-state index contributed by atoms with van der Waals surface area (Å²) in [4.78, 5) is 18.8. The zero-order valence-corrected chi connectivity index (χ0v) is 15.8. The normalized spacial score (nSPS) is 24.1. The molecule has 1 amide bonds. The van der Waals surface area contributed by atoms with Gasteiger partial charge in [-0.05, 0) is 38.6 Å². The summed E-state index contributed by atoms with van der Waals surface area (Å²) in [6.07, 6.45) is 8.37. The van der Waals surface area contributed by atoms with Crippen molar-refractivity contribution in [3.63, 3.8) is 0 Å². The maximum atomic E-state index is 12.2. The van der Waals surface area contributed by atoms with Crippen molar-refractivity contribution in [1.82, 2.24) is 15.5 Å². The molecular weight excluding hydrogens is 338 g/mol. The van der Waals surface area contributed by atoms with E-state index in [0.29, 0.717) is 11.9 Å². The van der Waals surface area contributed by atoms with Crippen molar-refractivity contribution in [2.75, 3.05) is 19.6 Å². The fourth-order valence-corrected chi connectivity index (χ4v) is 3.28. The lowest BCUT2D eigenvalue weighted by Crippen LogP contribution is -2.50. The first kappa shape index (κ1) is 19.9. The van der Waals surface area contributed by atoms with Crippen LogP contribution in [0.15, 0.2) is 29.0 Å². The van der Waals surface area contributed by atoms with Gasteiger partial charge in [0.05, 0.1) is 0 Å². The van der Waals surface area contributed by atoms with Gasteiger partial charge in [-0.25, -0.2) is 4.99 Å². The van der Waals surface area contributed by atoms with Crippen LogP contribution in [-0.2, 0) is 4.79 Å². The van der Waals surface area contributed by atoms with Crippen LogP contribution in [0.5, 0.6) is 0 Å². The number of rotatable bonds is 10. The molecular formula is C18H30ClN5O. The predicted molar refractivity (Wildman–Crippen MR) is 103 cm³/mol. The van der Waals surface area contributed by atoms with Crippen LogP contribution in [-0.4, -0.2) is 48.4 Å². The molecule has 0 aromatic heterocycles. The highest BCUT2D eigenvalue weighted by molar-refractivity contribution is 6.30. The van der Waals surface area contributed by atoms with Crippen molar-refractivity contribution in [3.8, 4) is 0 Å². The lowest BCUT2D eigenvalue weighted by molar-refractivity contribution is -0.126. The zero-order chi connectivity index (χ0) is 18.2. The first-order chi connectivity index (χ1) is 12.0. The third-order valence-electron chi connectivity index (χ3n) is 4.67. The molecule has 25 heavy (non-hydrogen) atoms. The lowest BCUT2D eigenvalue weighted by atomic mass is 9.79. The Kier molecular flexibility index (Phi) is 7.93. The number of aliphatic imine (C=N–C) groups is 1. The Morgan fingerprint density at radius 2 is 2.12 bits per heavy atom. The molecule has 0 bridgehead atoms. The topological polar surface area (TPSA) is 82.7 Å². The van der Waals surface area contributed by atoms with Crippen LogP contribution < -0.4 is 16.4 Å². The Hall–Kier alpha value is -1.37. The van der Waals surface area contributed by atoms with E-state index in [9.17, 15) is 4.79 Å². The van der Waals surface area contributed by atoms with Crippen LogP contribution in [0.2, 0.25) is 0 Å².